The van der Waals surface area contributed by atoms with Crippen molar-refractivity contribution in [2.24, 2.45) is 0 Å². The molecule has 0 radical (unpaired) electrons. The summed E-state index contributed by atoms with van der Waals surface area (Å²) in [6.07, 6.45) is 2.81. The van der Waals surface area contributed by atoms with Gasteiger partial charge in [-0.15, -0.1) is 0 Å². The van der Waals surface area contributed by atoms with Gasteiger partial charge in [0.1, 0.15) is 23.6 Å². The molecule has 1 aromatic carbocycles. The maximum absolute atomic E-state index is 13.9. The van der Waals surface area contributed by atoms with E-state index in [1.807, 2.05) is 0 Å². The number of aliphatic carboxylic acids is 1. The van der Waals surface area contributed by atoms with Crippen LogP contribution in [0, 0.1) is 5.82 Å². The Morgan fingerprint density at radius 1 is 1.32 bits per heavy atom. The fraction of sp³-hybridized carbons (Fsp3) is 0.143. The predicted octanol–water partition coefficient (Wildman–Crippen LogP) is 1.84. The number of para-hydroxylation sites is 1. The predicted molar refractivity (Wildman–Crippen MR) is 77.4 cm³/mol. The number of fused-ring (bicyclic) bond motifs is 1. The van der Waals surface area contributed by atoms with Crippen LogP contribution in [0.2, 0.25) is 0 Å². The molecule has 0 unspecified atom stereocenters. The highest BCUT2D eigenvalue weighted by atomic mass is 19.1. The molecule has 0 saturated heterocycles. The molecule has 3 rings (SSSR count). The molecule has 0 aliphatic carbocycles. The highest BCUT2D eigenvalue weighted by Crippen LogP contribution is 2.22. The number of carbonyl (C=O) groups is 1. The topological polar surface area (TPSA) is 92.9 Å². The first-order valence-electron chi connectivity index (χ1n) is 6.56. The van der Waals surface area contributed by atoms with E-state index in [0.29, 0.717) is 16.9 Å². The maximum atomic E-state index is 13.9. The van der Waals surface area contributed by atoms with Gasteiger partial charge in [0.15, 0.2) is 5.65 Å². The van der Waals surface area contributed by atoms with Gasteiger partial charge < -0.3 is 10.4 Å². The molecule has 0 bridgehead atoms. The zero-order valence-corrected chi connectivity index (χ0v) is 11.4. The third kappa shape index (κ3) is 2.58. The van der Waals surface area contributed by atoms with Crippen LogP contribution < -0.4 is 5.32 Å². The van der Waals surface area contributed by atoms with Crippen molar-refractivity contribution >= 4 is 22.8 Å². The minimum atomic E-state index is -0.903. The summed E-state index contributed by atoms with van der Waals surface area (Å²) in [5.74, 6) is -0.847. The van der Waals surface area contributed by atoms with Gasteiger partial charge in [-0.25, -0.2) is 19.0 Å². The summed E-state index contributed by atoms with van der Waals surface area (Å²) in [6.45, 7) is 0.228. The minimum absolute atomic E-state index is 0.0348. The quantitative estimate of drug-likeness (QED) is 0.747. The summed E-state index contributed by atoms with van der Waals surface area (Å²) >= 11 is 0. The van der Waals surface area contributed by atoms with E-state index in [4.69, 9.17) is 5.11 Å². The molecule has 0 aliphatic rings. The molecule has 2 aromatic heterocycles. The lowest BCUT2D eigenvalue weighted by Gasteiger charge is -2.06. The smallest absolute Gasteiger partial charge is 0.305 e. The SMILES string of the molecule is O=C(O)CCNc1ncnc2c1cnn2-c1ccccc1F. The van der Waals surface area contributed by atoms with E-state index in [1.54, 1.807) is 18.2 Å². The third-order valence-corrected chi connectivity index (χ3v) is 3.08. The standard InChI is InChI=1S/C14H12FN5O2/c15-10-3-1-2-4-11(10)20-14-9(7-19-20)13(17-8-18-14)16-6-5-12(21)22/h1-4,7-8H,5-6H2,(H,21,22)(H,16,17,18). The molecule has 0 atom stereocenters. The second kappa shape index (κ2) is 5.76. The Labute approximate surface area is 124 Å². The van der Waals surface area contributed by atoms with Crippen LogP contribution in [0.5, 0.6) is 0 Å². The van der Waals surface area contributed by atoms with Crippen LogP contribution in [0.3, 0.4) is 0 Å². The van der Waals surface area contributed by atoms with Gasteiger partial charge in [-0.2, -0.15) is 5.10 Å². The van der Waals surface area contributed by atoms with E-state index < -0.39 is 11.8 Å². The highest BCUT2D eigenvalue weighted by molar-refractivity contribution is 5.87. The molecule has 22 heavy (non-hydrogen) atoms. The molecule has 0 saturated carbocycles. The Balaban J connectivity index is 1.99. The van der Waals surface area contributed by atoms with Crippen LogP contribution in [0.15, 0.2) is 36.8 Å². The average Bonchev–Trinajstić information content (AvgIpc) is 2.92. The average molecular weight is 301 g/mol. The van der Waals surface area contributed by atoms with Crippen LogP contribution in [0.1, 0.15) is 6.42 Å². The van der Waals surface area contributed by atoms with E-state index >= 15 is 0 Å². The van der Waals surface area contributed by atoms with Crippen LogP contribution in [-0.2, 0) is 4.79 Å². The summed E-state index contributed by atoms with van der Waals surface area (Å²) in [5.41, 5.74) is 0.727. The molecule has 0 spiro atoms. The Hall–Kier alpha value is -3.03. The Morgan fingerprint density at radius 3 is 2.91 bits per heavy atom. The fourth-order valence-corrected chi connectivity index (χ4v) is 2.07. The number of aromatic nitrogens is 4. The van der Waals surface area contributed by atoms with Gasteiger partial charge in [0.25, 0.3) is 0 Å². The first-order chi connectivity index (χ1) is 10.7. The van der Waals surface area contributed by atoms with Crippen molar-refractivity contribution in [2.75, 3.05) is 11.9 Å². The van der Waals surface area contributed by atoms with Crippen LogP contribution in [0.4, 0.5) is 10.2 Å². The number of hydrogen-bond acceptors (Lipinski definition) is 5. The number of carboxylic acid groups (broad SMARTS) is 1. The zero-order chi connectivity index (χ0) is 15.5. The van der Waals surface area contributed by atoms with Crippen molar-refractivity contribution in [3.05, 3.63) is 42.6 Å². The van der Waals surface area contributed by atoms with Crippen molar-refractivity contribution in [1.82, 2.24) is 19.7 Å². The summed E-state index contributed by atoms with van der Waals surface area (Å²) in [4.78, 5) is 18.7. The van der Waals surface area contributed by atoms with E-state index in [-0.39, 0.29) is 18.7 Å². The summed E-state index contributed by atoms with van der Waals surface area (Å²) < 4.78 is 15.3. The van der Waals surface area contributed by atoms with Crippen LogP contribution >= 0.6 is 0 Å². The van der Waals surface area contributed by atoms with Gasteiger partial charge in [-0.3, -0.25) is 4.79 Å². The zero-order valence-electron chi connectivity index (χ0n) is 11.4. The van der Waals surface area contributed by atoms with Gasteiger partial charge in [0.2, 0.25) is 0 Å². The molecule has 0 aliphatic heterocycles. The molecule has 112 valence electrons. The van der Waals surface area contributed by atoms with Gasteiger partial charge in [0.05, 0.1) is 18.0 Å². The number of anilines is 1. The number of nitrogens with zero attached hydrogens (tertiary/aromatic N) is 4. The van der Waals surface area contributed by atoms with E-state index in [0.717, 1.165) is 0 Å². The molecule has 2 heterocycles. The molecular formula is C14H12FN5O2. The Morgan fingerprint density at radius 2 is 2.14 bits per heavy atom. The Bertz CT molecular complexity index is 833. The normalized spacial score (nSPS) is 10.8. The van der Waals surface area contributed by atoms with Gasteiger partial charge >= 0.3 is 5.97 Å². The van der Waals surface area contributed by atoms with Gasteiger partial charge in [0, 0.05) is 6.54 Å². The largest absolute Gasteiger partial charge is 0.481 e. The third-order valence-electron chi connectivity index (χ3n) is 3.08. The van der Waals surface area contributed by atoms with Crippen LogP contribution in [0.25, 0.3) is 16.7 Å². The van der Waals surface area contributed by atoms with E-state index in [9.17, 15) is 9.18 Å². The summed E-state index contributed by atoms with van der Waals surface area (Å²) in [5, 5.41) is 16.3. The van der Waals surface area contributed by atoms with E-state index in [2.05, 4.69) is 20.4 Å². The van der Waals surface area contributed by atoms with Gasteiger partial charge in [-0.1, -0.05) is 12.1 Å². The van der Waals surface area contributed by atoms with E-state index in [1.165, 1.54) is 23.3 Å². The van der Waals surface area contributed by atoms with Crippen molar-refractivity contribution in [1.29, 1.82) is 0 Å². The van der Waals surface area contributed by atoms with Gasteiger partial charge in [-0.05, 0) is 12.1 Å². The fourth-order valence-electron chi connectivity index (χ4n) is 2.07. The lowest BCUT2D eigenvalue weighted by atomic mass is 10.3. The second-order valence-corrected chi connectivity index (χ2v) is 4.54. The lowest BCUT2D eigenvalue weighted by molar-refractivity contribution is -0.136. The molecule has 2 N–H and O–H groups in total. The number of nitrogens with one attached hydrogen (secondary N) is 1. The maximum Gasteiger partial charge on any atom is 0.305 e. The number of hydrogen-bond donors (Lipinski definition) is 2. The molecular weight excluding hydrogens is 289 g/mol. The summed E-state index contributed by atoms with van der Waals surface area (Å²) in [6, 6.07) is 6.25. The first-order valence-corrected chi connectivity index (χ1v) is 6.56. The number of rotatable bonds is 5. The molecule has 0 amide bonds. The number of halogens is 1. The number of benzene rings is 1. The highest BCUT2D eigenvalue weighted by Gasteiger charge is 2.13. The molecule has 0 fully saturated rings. The molecule has 7 nitrogen and oxygen atoms in total. The van der Waals surface area contributed by atoms with Crippen molar-refractivity contribution in [3.63, 3.8) is 0 Å². The van der Waals surface area contributed by atoms with Crippen molar-refractivity contribution < 1.29 is 14.3 Å². The second-order valence-electron chi connectivity index (χ2n) is 4.54. The first kappa shape index (κ1) is 13.9. The lowest BCUT2D eigenvalue weighted by Crippen LogP contribution is -2.09. The minimum Gasteiger partial charge on any atom is -0.481 e. The monoisotopic (exact) mass is 301 g/mol. The summed E-state index contributed by atoms with van der Waals surface area (Å²) in [7, 11) is 0. The van der Waals surface area contributed by atoms with Crippen molar-refractivity contribution in [2.45, 2.75) is 6.42 Å². The molecule has 3 aromatic rings. The Kier molecular flexibility index (Phi) is 3.65. The van der Waals surface area contributed by atoms with Crippen LogP contribution in [-0.4, -0.2) is 37.4 Å². The number of carboxylic acids is 1. The van der Waals surface area contributed by atoms with Crippen molar-refractivity contribution in [3.8, 4) is 5.69 Å². The molecule has 8 heteroatoms.